The molecule has 1 aromatic rings. The average Bonchev–Trinajstić information content (AvgIpc) is 2.36. The Morgan fingerprint density at radius 2 is 2.24 bits per heavy atom. The Hall–Kier alpha value is -1.15. The van der Waals surface area contributed by atoms with Gasteiger partial charge in [-0.1, -0.05) is 17.7 Å². The van der Waals surface area contributed by atoms with Gasteiger partial charge in [-0.05, 0) is 57.7 Å². The van der Waals surface area contributed by atoms with Gasteiger partial charge in [-0.25, -0.2) is 0 Å². The summed E-state index contributed by atoms with van der Waals surface area (Å²) in [6, 6.07) is 6.19. The van der Waals surface area contributed by atoms with Crippen LogP contribution >= 0.6 is 0 Å². The first-order valence-corrected chi connectivity index (χ1v) is 6.66. The Balaban J connectivity index is 1.67. The van der Waals surface area contributed by atoms with Gasteiger partial charge in [0.15, 0.2) is 0 Å². The molecule has 1 aromatic heterocycles. The molecule has 0 saturated carbocycles. The largest absolute Gasteiger partial charge is 0.311 e. The molecule has 0 aliphatic heterocycles. The molecule has 1 aliphatic rings. The van der Waals surface area contributed by atoms with Gasteiger partial charge in [0.05, 0.1) is 5.69 Å². The number of aromatic nitrogens is 1. The van der Waals surface area contributed by atoms with Crippen LogP contribution in [0.15, 0.2) is 29.8 Å². The molecular weight excluding hydrogens is 208 g/mol. The van der Waals surface area contributed by atoms with Crippen molar-refractivity contribution in [1.82, 2.24) is 10.3 Å². The number of hydrogen-bond acceptors (Lipinski definition) is 2. The number of nitrogens with zero attached hydrogens (tertiary/aromatic N) is 1. The molecule has 1 aliphatic carbocycles. The Morgan fingerprint density at radius 3 is 3.00 bits per heavy atom. The second-order valence-corrected chi connectivity index (χ2v) is 4.81. The van der Waals surface area contributed by atoms with E-state index in [1.54, 1.807) is 5.57 Å². The minimum atomic E-state index is 0.884. The molecule has 2 nitrogen and oxygen atoms in total. The zero-order valence-electron chi connectivity index (χ0n) is 10.7. The van der Waals surface area contributed by atoms with Crippen molar-refractivity contribution < 1.29 is 0 Å². The van der Waals surface area contributed by atoms with E-state index in [0.717, 1.165) is 24.5 Å². The molecule has 1 N–H and O–H groups in total. The van der Waals surface area contributed by atoms with Crippen molar-refractivity contribution >= 4 is 0 Å². The van der Waals surface area contributed by atoms with Gasteiger partial charge >= 0.3 is 0 Å². The lowest BCUT2D eigenvalue weighted by molar-refractivity contribution is 0.627. The van der Waals surface area contributed by atoms with Gasteiger partial charge in [-0.15, -0.1) is 0 Å². The highest BCUT2D eigenvalue weighted by Gasteiger charge is 2.02. The van der Waals surface area contributed by atoms with E-state index in [1.165, 1.54) is 32.1 Å². The van der Waals surface area contributed by atoms with E-state index < -0.39 is 0 Å². The average molecular weight is 230 g/mol. The van der Waals surface area contributed by atoms with E-state index in [-0.39, 0.29) is 0 Å². The van der Waals surface area contributed by atoms with Crippen molar-refractivity contribution in [2.75, 3.05) is 6.54 Å². The fourth-order valence-electron chi connectivity index (χ4n) is 2.30. The van der Waals surface area contributed by atoms with Crippen molar-refractivity contribution in [3.05, 3.63) is 41.2 Å². The van der Waals surface area contributed by atoms with Gasteiger partial charge in [-0.3, -0.25) is 4.98 Å². The van der Waals surface area contributed by atoms with E-state index in [9.17, 15) is 0 Å². The van der Waals surface area contributed by atoms with Gasteiger partial charge < -0.3 is 5.32 Å². The Kier molecular flexibility index (Phi) is 4.75. The predicted molar refractivity (Wildman–Crippen MR) is 71.8 cm³/mol. The number of hydrogen-bond donors (Lipinski definition) is 1. The van der Waals surface area contributed by atoms with E-state index in [1.807, 2.05) is 13.0 Å². The minimum Gasteiger partial charge on any atom is -0.311 e. The number of pyridine rings is 1. The van der Waals surface area contributed by atoms with Gasteiger partial charge in [0.1, 0.15) is 0 Å². The van der Waals surface area contributed by atoms with Crippen molar-refractivity contribution in [2.45, 2.75) is 45.6 Å². The van der Waals surface area contributed by atoms with Crippen LogP contribution in [0.5, 0.6) is 0 Å². The maximum Gasteiger partial charge on any atom is 0.0544 e. The standard InChI is InChI=1S/C15H22N2/c1-13-6-5-9-15(17-13)12-16-11-10-14-7-3-2-4-8-14/h5-7,9,16H,2-4,8,10-12H2,1H3. The van der Waals surface area contributed by atoms with Gasteiger partial charge in [0.25, 0.3) is 0 Å². The molecule has 0 bridgehead atoms. The fraction of sp³-hybridized carbons (Fsp3) is 0.533. The summed E-state index contributed by atoms with van der Waals surface area (Å²) < 4.78 is 0. The molecule has 0 saturated heterocycles. The summed E-state index contributed by atoms with van der Waals surface area (Å²) in [6.45, 7) is 3.99. The first kappa shape index (κ1) is 12.3. The second kappa shape index (κ2) is 6.55. The third kappa shape index (κ3) is 4.31. The topological polar surface area (TPSA) is 24.9 Å². The van der Waals surface area contributed by atoms with Gasteiger partial charge in [0.2, 0.25) is 0 Å². The maximum absolute atomic E-state index is 4.48. The van der Waals surface area contributed by atoms with Crippen LogP contribution in [0.3, 0.4) is 0 Å². The van der Waals surface area contributed by atoms with Crippen LogP contribution in [0.2, 0.25) is 0 Å². The van der Waals surface area contributed by atoms with Crippen LogP contribution in [0, 0.1) is 6.92 Å². The zero-order valence-corrected chi connectivity index (χ0v) is 10.7. The van der Waals surface area contributed by atoms with Crippen LogP contribution in [-0.4, -0.2) is 11.5 Å². The van der Waals surface area contributed by atoms with E-state index in [4.69, 9.17) is 0 Å². The molecule has 0 spiro atoms. The molecule has 0 amide bonds. The molecule has 17 heavy (non-hydrogen) atoms. The highest BCUT2D eigenvalue weighted by atomic mass is 14.9. The summed E-state index contributed by atoms with van der Waals surface area (Å²) in [7, 11) is 0. The molecule has 92 valence electrons. The second-order valence-electron chi connectivity index (χ2n) is 4.81. The smallest absolute Gasteiger partial charge is 0.0544 e. The molecule has 2 heteroatoms. The van der Waals surface area contributed by atoms with Gasteiger partial charge in [-0.2, -0.15) is 0 Å². The predicted octanol–water partition coefficient (Wildman–Crippen LogP) is 3.37. The summed E-state index contributed by atoms with van der Waals surface area (Å²) in [4.78, 5) is 4.48. The van der Waals surface area contributed by atoms with Gasteiger partial charge in [0, 0.05) is 12.2 Å². The van der Waals surface area contributed by atoms with E-state index in [2.05, 4.69) is 28.5 Å². The summed E-state index contributed by atoms with van der Waals surface area (Å²) in [5.41, 5.74) is 3.88. The van der Waals surface area contributed by atoms with Crippen molar-refractivity contribution in [3.8, 4) is 0 Å². The summed E-state index contributed by atoms with van der Waals surface area (Å²) in [5, 5.41) is 3.47. The summed E-state index contributed by atoms with van der Waals surface area (Å²) >= 11 is 0. The lowest BCUT2D eigenvalue weighted by atomic mass is 9.97. The van der Waals surface area contributed by atoms with Crippen molar-refractivity contribution in [3.63, 3.8) is 0 Å². The molecule has 0 unspecified atom stereocenters. The maximum atomic E-state index is 4.48. The van der Waals surface area contributed by atoms with Crippen molar-refractivity contribution in [2.24, 2.45) is 0 Å². The monoisotopic (exact) mass is 230 g/mol. The third-order valence-corrected chi connectivity index (χ3v) is 3.26. The quantitative estimate of drug-likeness (QED) is 0.619. The Morgan fingerprint density at radius 1 is 1.29 bits per heavy atom. The first-order valence-electron chi connectivity index (χ1n) is 6.66. The van der Waals surface area contributed by atoms with Crippen LogP contribution in [0.1, 0.15) is 43.5 Å². The SMILES string of the molecule is Cc1cccc(CNCCC2=CCCCC2)n1. The number of nitrogens with one attached hydrogen (secondary N) is 1. The molecule has 0 radical (unpaired) electrons. The number of rotatable bonds is 5. The normalized spacial score (nSPS) is 15.7. The third-order valence-electron chi connectivity index (χ3n) is 3.26. The summed E-state index contributed by atoms with van der Waals surface area (Å²) in [6.07, 6.45) is 8.98. The molecule has 0 atom stereocenters. The first-order chi connectivity index (χ1) is 8.34. The lowest BCUT2D eigenvalue weighted by Gasteiger charge is -2.12. The van der Waals surface area contributed by atoms with Crippen LogP contribution in [-0.2, 0) is 6.54 Å². The van der Waals surface area contributed by atoms with E-state index >= 15 is 0 Å². The number of aryl methyl sites for hydroxylation is 1. The van der Waals surface area contributed by atoms with Crippen molar-refractivity contribution in [1.29, 1.82) is 0 Å². The molecule has 0 aromatic carbocycles. The minimum absolute atomic E-state index is 0.884. The molecular formula is C15H22N2. The van der Waals surface area contributed by atoms with E-state index in [0.29, 0.717) is 0 Å². The Labute approximate surface area is 104 Å². The van der Waals surface area contributed by atoms with Crippen LogP contribution < -0.4 is 5.32 Å². The molecule has 0 fully saturated rings. The molecule has 1 heterocycles. The van der Waals surface area contributed by atoms with Crippen LogP contribution in [0.25, 0.3) is 0 Å². The zero-order chi connectivity index (χ0) is 11.9. The number of allylic oxidation sites excluding steroid dienone is 1. The Bertz CT molecular complexity index is 382. The highest BCUT2D eigenvalue weighted by Crippen LogP contribution is 2.19. The summed E-state index contributed by atoms with van der Waals surface area (Å²) in [5.74, 6) is 0. The van der Waals surface area contributed by atoms with Crippen LogP contribution in [0.4, 0.5) is 0 Å². The molecule has 2 rings (SSSR count). The lowest BCUT2D eigenvalue weighted by Crippen LogP contribution is -2.16. The fourth-order valence-corrected chi connectivity index (χ4v) is 2.30. The highest BCUT2D eigenvalue weighted by molar-refractivity contribution is 5.10.